The zero-order chi connectivity index (χ0) is 20.7. The third kappa shape index (κ3) is 1.94. The van der Waals surface area contributed by atoms with E-state index in [1.54, 1.807) is 26.0 Å². The molecule has 2 saturated heterocycles. The van der Waals surface area contributed by atoms with Crippen LogP contribution < -0.4 is 10.2 Å². The van der Waals surface area contributed by atoms with Crippen molar-refractivity contribution in [1.82, 2.24) is 5.32 Å². The first-order chi connectivity index (χ1) is 12.9. The average molecular weight is 391 g/mol. The number of benzene rings is 1. The van der Waals surface area contributed by atoms with E-state index < -0.39 is 51.8 Å². The summed E-state index contributed by atoms with van der Waals surface area (Å²) in [6.45, 7) is 3.34. The van der Waals surface area contributed by atoms with Crippen LogP contribution in [0.4, 0.5) is 18.9 Å². The molecule has 3 aliphatic rings. The smallest absolute Gasteiger partial charge is 0.358 e. The van der Waals surface area contributed by atoms with Crippen LogP contribution in [0.3, 0.4) is 0 Å². The monoisotopic (exact) mass is 391 g/mol. The summed E-state index contributed by atoms with van der Waals surface area (Å²) in [5, 5.41) is 11.9. The first-order valence-electron chi connectivity index (χ1n) is 8.54. The van der Waals surface area contributed by atoms with Gasteiger partial charge in [-0.2, -0.15) is 18.4 Å². The van der Waals surface area contributed by atoms with Crippen molar-refractivity contribution in [3.05, 3.63) is 41.5 Å². The Labute approximate surface area is 158 Å². The number of fused-ring (bicyclic) bond motifs is 5. The molecular formula is C19H16F3N3O3. The molecule has 2 amide bonds. The van der Waals surface area contributed by atoms with Crippen molar-refractivity contribution in [2.45, 2.75) is 36.8 Å². The summed E-state index contributed by atoms with van der Waals surface area (Å²) in [6, 6.07) is 4.29. The van der Waals surface area contributed by atoms with Gasteiger partial charge in [-0.1, -0.05) is 12.2 Å². The number of nitriles is 1. The quantitative estimate of drug-likeness (QED) is 0.617. The maximum absolute atomic E-state index is 13.4. The van der Waals surface area contributed by atoms with Crippen LogP contribution in [-0.4, -0.2) is 35.6 Å². The number of alkyl halides is 3. The summed E-state index contributed by atoms with van der Waals surface area (Å²) in [7, 11) is 1.52. The predicted octanol–water partition coefficient (Wildman–Crippen LogP) is 2.14. The standard InChI is InChI=1S/C19H16F3N3O3/c1-16-6-7-17(2,28-16)18(24-3)13(16)14(26)25(15(18)27)11-5-4-10(9-23)12(8-11)19(20,21)22/h4-8,13,24H,1-3H3/t13?,16?,17?,18-/m0/s1. The molecule has 28 heavy (non-hydrogen) atoms. The van der Waals surface area contributed by atoms with E-state index in [4.69, 9.17) is 10.00 Å². The molecule has 0 spiro atoms. The van der Waals surface area contributed by atoms with Crippen molar-refractivity contribution < 1.29 is 27.5 Å². The van der Waals surface area contributed by atoms with Gasteiger partial charge in [0.1, 0.15) is 17.1 Å². The number of halogens is 3. The zero-order valence-electron chi connectivity index (χ0n) is 15.2. The van der Waals surface area contributed by atoms with Crippen molar-refractivity contribution in [2.24, 2.45) is 5.92 Å². The fourth-order valence-electron chi connectivity index (χ4n) is 4.85. The topological polar surface area (TPSA) is 82.4 Å². The van der Waals surface area contributed by atoms with Gasteiger partial charge >= 0.3 is 6.18 Å². The van der Waals surface area contributed by atoms with Crippen molar-refractivity contribution >= 4 is 17.5 Å². The van der Waals surface area contributed by atoms with Crippen molar-refractivity contribution in [3.63, 3.8) is 0 Å². The SMILES string of the molecule is CN[C@]12C(=O)N(c3ccc(C#N)c(C(F)(F)F)c3)C(=O)C1C1(C)C=CC2(C)O1. The van der Waals surface area contributed by atoms with E-state index in [-0.39, 0.29) is 5.69 Å². The van der Waals surface area contributed by atoms with Gasteiger partial charge in [-0.05, 0) is 39.1 Å². The largest absolute Gasteiger partial charge is 0.417 e. The van der Waals surface area contributed by atoms with Crippen LogP contribution >= 0.6 is 0 Å². The van der Waals surface area contributed by atoms with E-state index in [0.717, 1.165) is 11.0 Å². The maximum Gasteiger partial charge on any atom is 0.417 e. The molecule has 4 rings (SSSR count). The van der Waals surface area contributed by atoms with Crippen molar-refractivity contribution in [3.8, 4) is 6.07 Å². The molecule has 146 valence electrons. The van der Waals surface area contributed by atoms with E-state index in [0.29, 0.717) is 6.07 Å². The molecule has 2 fully saturated rings. The molecule has 0 radical (unpaired) electrons. The normalized spacial score (nSPS) is 36.2. The van der Waals surface area contributed by atoms with Crippen molar-refractivity contribution in [1.29, 1.82) is 5.26 Å². The number of nitrogens with one attached hydrogen (secondary N) is 1. The van der Waals surface area contributed by atoms with Crippen LogP contribution in [0.15, 0.2) is 30.4 Å². The van der Waals surface area contributed by atoms with E-state index >= 15 is 0 Å². The van der Waals surface area contributed by atoms with Crippen molar-refractivity contribution in [2.75, 3.05) is 11.9 Å². The lowest BCUT2D eigenvalue weighted by Crippen LogP contribution is -2.65. The second-order valence-electron chi connectivity index (χ2n) is 7.54. The molecule has 0 saturated carbocycles. The molecule has 2 bridgehead atoms. The number of anilines is 1. The van der Waals surface area contributed by atoms with Crippen LogP contribution in [0.5, 0.6) is 0 Å². The Kier molecular flexibility index (Phi) is 3.47. The Hall–Kier alpha value is -2.70. The highest BCUT2D eigenvalue weighted by Gasteiger charge is 2.79. The van der Waals surface area contributed by atoms with Gasteiger partial charge in [0.25, 0.3) is 5.91 Å². The van der Waals surface area contributed by atoms with Crippen LogP contribution in [-0.2, 0) is 20.5 Å². The first-order valence-corrected chi connectivity index (χ1v) is 8.54. The van der Waals surface area contributed by atoms with Gasteiger partial charge in [0.05, 0.1) is 28.5 Å². The van der Waals surface area contributed by atoms with E-state index in [1.807, 2.05) is 0 Å². The number of amides is 2. The minimum absolute atomic E-state index is 0.225. The molecule has 6 nitrogen and oxygen atoms in total. The van der Waals surface area contributed by atoms with E-state index in [1.165, 1.54) is 19.2 Å². The Bertz CT molecular complexity index is 998. The second-order valence-corrected chi connectivity index (χ2v) is 7.54. The molecule has 1 aromatic carbocycles. The summed E-state index contributed by atoms with van der Waals surface area (Å²) in [5.41, 5.74) is -5.61. The number of carbonyl (C=O) groups excluding carboxylic acids is 2. The lowest BCUT2D eigenvalue weighted by molar-refractivity contribution is -0.138. The third-order valence-corrected chi connectivity index (χ3v) is 6.04. The van der Waals surface area contributed by atoms with E-state index in [9.17, 15) is 22.8 Å². The molecule has 3 unspecified atom stereocenters. The number of hydrogen-bond acceptors (Lipinski definition) is 5. The summed E-state index contributed by atoms with van der Waals surface area (Å²) in [4.78, 5) is 27.4. The summed E-state index contributed by atoms with van der Waals surface area (Å²) in [6.07, 6.45) is -1.39. The molecule has 3 aliphatic heterocycles. The number of likely N-dealkylation sites (N-methyl/N-ethyl adjacent to an activating group) is 1. The van der Waals surface area contributed by atoms with Gasteiger partial charge in [0.15, 0.2) is 0 Å². The number of nitrogens with zero attached hydrogens (tertiary/aromatic N) is 2. The molecular weight excluding hydrogens is 375 g/mol. The highest BCUT2D eigenvalue weighted by atomic mass is 19.4. The zero-order valence-corrected chi connectivity index (χ0v) is 15.2. The van der Waals surface area contributed by atoms with Crippen LogP contribution in [0, 0.1) is 17.2 Å². The lowest BCUT2D eigenvalue weighted by Gasteiger charge is -2.37. The van der Waals surface area contributed by atoms with Gasteiger partial charge in [-0.25, -0.2) is 4.90 Å². The van der Waals surface area contributed by atoms with Crippen LogP contribution in [0.1, 0.15) is 25.0 Å². The molecule has 0 aromatic heterocycles. The Morgan fingerprint density at radius 2 is 1.93 bits per heavy atom. The van der Waals surface area contributed by atoms with Gasteiger partial charge in [0.2, 0.25) is 5.91 Å². The fraction of sp³-hybridized carbons (Fsp3) is 0.421. The molecule has 1 aromatic rings. The Morgan fingerprint density at radius 1 is 1.25 bits per heavy atom. The molecule has 3 heterocycles. The minimum Gasteiger partial charge on any atom is -0.358 e. The lowest BCUT2D eigenvalue weighted by atomic mass is 9.67. The number of carbonyl (C=O) groups is 2. The Morgan fingerprint density at radius 3 is 2.46 bits per heavy atom. The Balaban J connectivity index is 1.88. The number of hydrogen-bond donors (Lipinski definition) is 1. The van der Waals surface area contributed by atoms with Crippen LogP contribution in [0.25, 0.3) is 0 Å². The predicted molar refractivity (Wildman–Crippen MR) is 91.0 cm³/mol. The third-order valence-electron chi connectivity index (χ3n) is 6.04. The average Bonchev–Trinajstić information content (AvgIpc) is 3.14. The number of imide groups is 1. The molecule has 4 atom stereocenters. The second kappa shape index (κ2) is 5.21. The van der Waals surface area contributed by atoms with Gasteiger partial charge in [-0.15, -0.1) is 0 Å². The van der Waals surface area contributed by atoms with Gasteiger partial charge in [-0.3, -0.25) is 9.59 Å². The highest BCUT2D eigenvalue weighted by molar-refractivity contribution is 6.27. The van der Waals surface area contributed by atoms with Gasteiger partial charge in [0, 0.05) is 0 Å². The highest BCUT2D eigenvalue weighted by Crippen LogP contribution is 2.59. The summed E-state index contributed by atoms with van der Waals surface area (Å²) in [5.74, 6) is -2.26. The first kappa shape index (κ1) is 18.7. The molecule has 9 heteroatoms. The molecule has 1 N–H and O–H groups in total. The van der Waals surface area contributed by atoms with Gasteiger partial charge < -0.3 is 10.1 Å². The summed E-state index contributed by atoms with van der Waals surface area (Å²) >= 11 is 0. The van der Waals surface area contributed by atoms with Crippen LogP contribution in [0.2, 0.25) is 0 Å². The maximum atomic E-state index is 13.4. The summed E-state index contributed by atoms with van der Waals surface area (Å²) < 4.78 is 46.0. The van der Waals surface area contributed by atoms with E-state index in [2.05, 4.69) is 5.32 Å². The number of rotatable bonds is 2. The minimum atomic E-state index is -4.80. The molecule has 0 aliphatic carbocycles. The fourth-order valence-corrected chi connectivity index (χ4v) is 4.85. The number of ether oxygens (including phenoxy) is 1.